The molecule has 0 atom stereocenters. The molecule has 27 heavy (non-hydrogen) atoms. The Morgan fingerprint density at radius 1 is 0.630 bits per heavy atom. The Hall–Kier alpha value is -3.36. The number of hydrogen-bond acceptors (Lipinski definition) is 6. The van der Waals surface area contributed by atoms with Crippen LogP contribution >= 0.6 is 0 Å². The summed E-state index contributed by atoms with van der Waals surface area (Å²) in [6.07, 6.45) is 4.82. The summed E-state index contributed by atoms with van der Waals surface area (Å²) in [6.45, 7) is 11.2. The molecule has 0 spiro atoms. The first-order chi connectivity index (χ1) is 13.0. The predicted molar refractivity (Wildman–Crippen MR) is 101 cm³/mol. The van der Waals surface area contributed by atoms with Crippen molar-refractivity contribution in [3.63, 3.8) is 0 Å². The molecule has 0 saturated heterocycles. The van der Waals surface area contributed by atoms with Crippen LogP contribution in [-0.4, -0.2) is 52.3 Å². The van der Waals surface area contributed by atoms with Crippen LogP contribution in [0.5, 0.6) is 0 Å². The van der Waals surface area contributed by atoms with E-state index in [0.29, 0.717) is 56.4 Å². The van der Waals surface area contributed by atoms with Gasteiger partial charge in [0.05, 0.1) is 0 Å². The molecule has 1 heterocycles. The molecule has 0 fully saturated rings. The topological polar surface area (TPSA) is 126 Å². The standard InChI is InChI=1S/C18H24N6O3/c1-4-16(25)19-10-7-13-22-14(8-11-20-17(26)5-2)24-15(23-13)9-12-21-18(27)6-3/h4-6H,1-3,7-12H2,(H,19,25)(H,20,26)(H,21,27). The van der Waals surface area contributed by atoms with Crippen LogP contribution in [-0.2, 0) is 33.6 Å². The van der Waals surface area contributed by atoms with Gasteiger partial charge in [0, 0.05) is 38.9 Å². The summed E-state index contributed by atoms with van der Waals surface area (Å²) in [6, 6.07) is 0. The Morgan fingerprint density at radius 2 is 0.889 bits per heavy atom. The minimum Gasteiger partial charge on any atom is -0.352 e. The van der Waals surface area contributed by atoms with Gasteiger partial charge in [0.1, 0.15) is 17.5 Å². The fraction of sp³-hybridized carbons (Fsp3) is 0.333. The van der Waals surface area contributed by atoms with Crippen LogP contribution in [0.2, 0.25) is 0 Å². The van der Waals surface area contributed by atoms with E-state index >= 15 is 0 Å². The molecular formula is C18H24N6O3. The summed E-state index contributed by atoms with van der Waals surface area (Å²) in [4.78, 5) is 46.7. The van der Waals surface area contributed by atoms with Crippen molar-refractivity contribution in [3.8, 4) is 0 Å². The van der Waals surface area contributed by atoms with E-state index in [1.165, 1.54) is 18.2 Å². The number of nitrogens with one attached hydrogen (secondary N) is 3. The second-order valence-corrected chi connectivity index (χ2v) is 5.32. The molecule has 0 unspecified atom stereocenters. The number of nitrogens with zero attached hydrogens (tertiary/aromatic N) is 3. The Labute approximate surface area is 158 Å². The van der Waals surface area contributed by atoms with Gasteiger partial charge < -0.3 is 16.0 Å². The molecule has 144 valence electrons. The fourth-order valence-electron chi connectivity index (χ4n) is 1.97. The van der Waals surface area contributed by atoms with Gasteiger partial charge in [-0.3, -0.25) is 14.4 Å². The normalized spacial score (nSPS) is 9.78. The van der Waals surface area contributed by atoms with Crippen molar-refractivity contribution < 1.29 is 14.4 Å². The first-order valence-corrected chi connectivity index (χ1v) is 8.42. The molecular weight excluding hydrogens is 348 g/mol. The molecule has 1 rings (SSSR count). The lowest BCUT2D eigenvalue weighted by atomic mass is 10.3. The number of amides is 3. The van der Waals surface area contributed by atoms with Crippen LogP contribution in [0.3, 0.4) is 0 Å². The molecule has 0 radical (unpaired) electrons. The van der Waals surface area contributed by atoms with Crippen molar-refractivity contribution in [3.05, 3.63) is 55.4 Å². The van der Waals surface area contributed by atoms with Gasteiger partial charge in [0.25, 0.3) is 0 Å². The Bertz CT molecular complexity index is 610. The van der Waals surface area contributed by atoms with Gasteiger partial charge in [-0.1, -0.05) is 19.7 Å². The minimum atomic E-state index is -0.274. The van der Waals surface area contributed by atoms with E-state index in [1.54, 1.807) is 0 Å². The number of rotatable bonds is 12. The van der Waals surface area contributed by atoms with Crippen LogP contribution in [0.25, 0.3) is 0 Å². The van der Waals surface area contributed by atoms with E-state index in [2.05, 4.69) is 50.6 Å². The molecule has 0 aliphatic heterocycles. The Balaban J connectivity index is 2.76. The molecule has 1 aromatic rings. The second kappa shape index (κ2) is 12.1. The van der Waals surface area contributed by atoms with Gasteiger partial charge in [-0.05, 0) is 18.2 Å². The molecule has 9 heteroatoms. The third-order valence-corrected chi connectivity index (χ3v) is 3.27. The number of hydrogen-bond donors (Lipinski definition) is 3. The van der Waals surface area contributed by atoms with Gasteiger partial charge in [-0.2, -0.15) is 0 Å². The smallest absolute Gasteiger partial charge is 0.243 e. The molecule has 0 saturated carbocycles. The van der Waals surface area contributed by atoms with Crippen molar-refractivity contribution in [2.75, 3.05) is 19.6 Å². The van der Waals surface area contributed by atoms with E-state index in [1.807, 2.05) is 0 Å². The second-order valence-electron chi connectivity index (χ2n) is 5.32. The quantitative estimate of drug-likeness (QED) is 0.421. The highest BCUT2D eigenvalue weighted by molar-refractivity contribution is 5.87. The van der Waals surface area contributed by atoms with Gasteiger partial charge in [0.15, 0.2) is 0 Å². The van der Waals surface area contributed by atoms with Crippen molar-refractivity contribution in [2.45, 2.75) is 19.3 Å². The zero-order valence-corrected chi connectivity index (χ0v) is 15.2. The van der Waals surface area contributed by atoms with Crippen LogP contribution in [0.4, 0.5) is 0 Å². The number of aromatic nitrogens is 3. The lowest BCUT2D eigenvalue weighted by Crippen LogP contribution is -2.27. The summed E-state index contributed by atoms with van der Waals surface area (Å²) in [5.74, 6) is 0.731. The predicted octanol–water partition coefficient (Wildman–Crippen LogP) is -0.594. The van der Waals surface area contributed by atoms with E-state index in [9.17, 15) is 14.4 Å². The highest BCUT2D eigenvalue weighted by Gasteiger charge is 2.08. The zero-order chi connectivity index (χ0) is 20.1. The Kier molecular flexibility index (Phi) is 9.69. The summed E-state index contributed by atoms with van der Waals surface area (Å²) >= 11 is 0. The molecule has 0 aromatic carbocycles. The van der Waals surface area contributed by atoms with Crippen LogP contribution < -0.4 is 16.0 Å². The first-order valence-electron chi connectivity index (χ1n) is 8.42. The maximum absolute atomic E-state index is 11.2. The summed E-state index contributed by atoms with van der Waals surface area (Å²) in [5, 5.41) is 7.97. The van der Waals surface area contributed by atoms with Crippen molar-refractivity contribution >= 4 is 17.7 Å². The first kappa shape index (κ1) is 21.7. The van der Waals surface area contributed by atoms with E-state index < -0.39 is 0 Å². The van der Waals surface area contributed by atoms with Gasteiger partial charge >= 0.3 is 0 Å². The van der Waals surface area contributed by atoms with Crippen LogP contribution in [0.15, 0.2) is 38.0 Å². The third-order valence-electron chi connectivity index (χ3n) is 3.27. The zero-order valence-electron chi connectivity index (χ0n) is 15.2. The fourth-order valence-corrected chi connectivity index (χ4v) is 1.97. The summed E-state index contributed by atoms with van der Waals surface area (Å²) in [5.41, 5.74) is 0. The van der Waals surface area contributed by atoms with Crippen molar-refractivity contribution in [1.29, 1.82) is 0 Å². The van der Waals surface area contributed by atoms with Crippen LogP contribution in [0.1, 0.15) is 17.5 Å². The molecule has 0 bridgehead atoms. The Morgan fingerprint density at radius 3 is 1.11 bits per heavy atom. The lowest BCUT2D eigenvalue weighted by Gasteiger charge is -2.08. The monoisotopic (exact) mass is 372 g/mol. The summed E-state index contributed by atoms with van der Waals surface area (Å²) < 4.78 is 0. The number of carbonyl (C=O) groups is 3. The van der Waals surface area contributed by atoms with Gasteiger partial charge in [-0.25, -0.2) is 15.0 Å². The molecule has 1 aromatic heterocycles. The lowest BCUT2D eigenvalue weighted by molar-refractivity contribution is -0.117. The highest BCUT2D eigenvalue weighted by Crippen LogP contribution is 2.00. The summed E-state index contributed by atoms with van der Waals surface area (Å²) in [7, 11) is 0. The van der Waals surface area contributed by atoms with E-state index in [0.717, 1.165) is 0 Å². The average Bonchev–Trinajstić information content (AvgIpc) is 2.67. The SMILES string of the molecule is C=CC(=O)NCCc1nc(CCNC(=O)C=C)nc(CCNC(=O)C=C)n1. The van der Waals surface area contributed by atoms with Crippen molar-refractivity contribution in [2.24, 2.45) is 0 Å². The molecule has 0 aliphatic rings. The largest absolute Gasteiger partial charge is 0.352 e. The van der Waals surface area contributed by atoms with Crippen molar-refractivity contribution in [1.82, 2.24) is 30.9 Å². The van der Waals surface area contributed by atoms with Crippen LogP contribution in [0, 0.1) is 0 Å². The molecule has 0 aliphatic carbocycles. The molecule has 9 nitrogen and oxygen atoms in total. The molecule has 3 N–H and O–H groups in total. The minimum absolute atomic E-state index is 0.274. The van der Waals surface area contributed by atoms with Gasteiger partial charge in [0.2, 0.25) is 17.7 Å². The third kappa shape index (κ3) is 9.05. The van der Waals surface area contributed by atoms with E-state index in [4.69, 9.17) is 0 Å². The maximum Gasteiger partial charge on any atom is 0.243 e. The maximum atomic E-state index is 11.2. The average molecular weight is 372 g/mol. The highest BCUT2D eigenvalue weighted by atomic mass is 16.2. The molecule has 3 amide bonds. The number of carbonyl (C=O) groups excluding carboxylic acids is 3. The van der Waals surface area contributed by atoms with E-state index in [-0.39, 0.29) is 17.7 Å². The van der Waals surface area contributed by atoms with Gasteiger partial charge in [-0.15, -0.1) is 0 Å².